The van der Waals surface area contributed by atoms with Crippen LogP contribution in [-0.2, 0) is 14.4 Å². The Bertz CT molecular complexity index is 1360. The van der Waals surface area contributed by atoms with Gasteiger partial charge in [0.1, 0.15) is 0 Å². The third-order valence-corrected chi connectivity index (χ3v) is 5.52. The molecule has 3 aromatic carbocycles. The highest BCUT2D eigenvalue weighted by molar-refractivity contribution is 6.39. The van der Waals surface area contributed by atoms with Crippen LogP contribution in [0.15, 0.2) is 59.7 Å². The van der Waals surface area contributed by atoms with Gasteiger partial charge < -0.3 is 20.1 Å². The number of aryl methyl sites for hydroxylation is 3. The third kappa shape index (κ3) is 7.55. The number of halogens is 1. The zero-order chi connectivity index (χ0) is 26.9. The molecule has 0 atom stereocenters. The number of carbonyl (C=O) groups is 3. The molecular weight excluding hydrogens is 496 g/mol. The fraction of sp³-hybridized carbons (Fsp3) is 0.185. The molecule has 10 heteroatoms. The maximum atomic E-state index is 12.4. The summed E-state index contributed by atoms with van der Waals surface area (Å²) in [4.78, 5) is 36.5. The Morgan fingerprint density at radius 3 is 2.35 bits per heavy atom. The van der Waals surface area contributed by atoms with Crippen molar-refractivity contribution in [2.45, 2.75) is 20.8 Å². The summed E-state index contributed by atoms with van der Waals surface area (Å²) >= 11 is 6.35. The van der Waals surface area contributed by atoms with E-state index in [9.17, 15) is 14.4 Å². The number of hydrazone groups is 1. The minimum Gasteiger partial charge on any atom is -0.493 e. The van der Waals surface area contributed by atoms with Crippen molar-refractivity contribution < 1.29 is 23.9 Å². The smallest absolute Gasteiger partial charge is 0.329 e. The number of hydrogen-bond acceptors (Lipinski definition) is 6. The number of carbonyl (C=O) groups excluding carboxylic acids is 3. The molecule has 0 aliphatic carbocycles. The minimum atomic E-state index is -0.938. The van der Waals surface area contributed by atoms with Crippen LogP contribution in [0.25, 0.3) is 0 Å². The molecule has 0 fully saturated rings. The Labute approximate surface area is 219 Å². The summed E-state index contributed by atoms with van der Waals surface area (Å²) < 4.78 is 11.0. The Balaban J connectivity index is 1.59. The van der Waals surface area contributed by atoms with Crippen molar-refractivity contribution in [1.29, 1.82) is 0 Å². The quantitative estimate of drug-likeness (QED) is 0.230. The van der Waals surface area contributed by atoms with Crippen molar-refractivity contribution in [3.63, 3.8) is 0 Å². The molecule has 0 saturated carbocycles. The average Bonchev–Trinajstić information content (AvgIpc) is 2.86. The molecule has 0 spiro atoms. The molecule has 9 nitrogen and oxygen atoms in total. The van der Waals surface area contributed by atoms with Crippen LogP contribution in [0.5, 0.6) is 11.5 Å². The van der Waals surface area contributed by atoms with Gasteiger partial charge >= 0.3 is 11.8 Å². The van der Waals surface area contributed by atoms with Gasteiger partial charge in [0.15, 0.2) is 18.1 Å². The van der Waals surface area contributed by atoms with Crippen LogP contribution in [0.3, 0.4) is 0 Å². The van der Waals surface area contributed by atoms with Crippen LogP contribution in [0.2, 0.25) is 5.02 Å². The molecule has 3 aromatic rings. The van der Waals surface area contributed by atoms with E-state index in [1.165, 1.54) is 19.4 Å². The number of methoxy groups -OCH3 is 1. The van der Waals surface area contributed by atoms with Gasteiger partial charge in [-0.1, -0.05) is 47.5 Å². The maximum Gasteiger partial charge on any atom is 0.329 e. The van der Waals surface area contributed by atoms with Gasteiger partial charge in [-0.05, 0) is 61.7 Å². The van der Waals surface area contributed by atoms with Crippen molar-refractivity contribution in [2.24, 2.45) is 5.10 Å². The molecule has 3 rings (SSSR count). The highest BCUT2D eigenvalue weighted by atomic mass is 35.5. The molecule has 3 amide bonds. The fourth-order valence-corrected chi connectivity index (χ4v) is 3.61. The monoisotopic (exact) mass is 522 g/mol. The molecule has 0 radical (unpaired) electrons. The van der Waals surface area contributed by atoms with E-state index in [1.807, 2.05) is 51.1 Å². The first kappa shape index (κ1) is 27.2. The van der Waals surface area contributed by atoms with Gasteiger partial charge in [0.05, 0.1) is 18.3 Å². The molecule has 37 heavy (non-hydrogen) atoms. The largest absolute Gasteiger partial charge is 0.493 e. The number of amides is 3. The van der Waals surface area contributed by atoms with E-state index in [1.54, 1.807) is 18.2 Å². The van der Waals surface area contributed by atoms with Gasteiger partial charge in [0.25, 0.3) is 5.91 Å². The molecule has 0 unspecified atom stereocenters. The van der Waals surface area contributed by atoms with Crippen LogP contribution in [0, 0.1) is 20.8 Å². The lowest BCUT2D eigenvalue weighted by atomic mass is 10.1. The van der Waals surface area contributed by atoms with Crippen LogP contribution in [-0.4, -0.2) is 37.7 Å². The Morgan fingerprint density at radius 1 is 0.919 bits per heavy atom. The molecule has 0 saturated heterocycles. The molecule has 0 aliphatic rings. The fourth-order valence-electron chi connectivity index (χ4n) is 3.34. The van der Waals surface area contributed by atoms with E-state index in [-0.39, 0.29) is 29.0 Å². The van der Waals surface area contributed by atoms with Crippen LogP contribution < -0.4 is 25.5 Å². The summed E-state index contributed by atoms with van der Waals surface area (Å²) in [6, 6.07) is 15.9. The zero-order valence-corrected chi connectivity index (χ0v) is 21.6. The van der Waals surface area contributed by atoms with E-state index in [0.717, 1.165) is 16.7 Å². The molecule has 0 bridgehead atoms. The lowest BCUT2D eigenvalue weighted by Crippen LogP contribution is -2.32. The normalized spacial score (nSPS) is 10.6. The van der Waals surface area contributed by atoms with Gasteiger partial charge in [-0.3, -0.25) is 14.4 Å². The summed E-state index contributed by atoms with van der Waals surface area (Å²) in [5.41, 5.74) is 6.70. The Kier molecular flexibility index (Phi) is 9.23. The summed E-state index contributed by atoms with van der Waals surface area (Å²) in [5.74, 6) is -1.71. The highest BCUT2D eigenvalue weighted by Gasteiger charge is 2.16. The van der Waals surface area contributed by atoms with E-state index < -0.39 is 11.8 Å². The SMILES string of the molecule is COc1cc(/C=N\NC(=O)C(=O)Nc2ccccc2C)cc(Cl)c1OCC(=O)Nc1ccc(C)cc1C. The predicted octanol–water partition coefficient (Wildman–Crippen LogP) is 4.38. The van der Waals surface area contributed by atoms with E-state index in [4.69, 9.17) is 21.1 Å². The summed E-state index contributed by atoms with van der Waals surface area (Å²) in [5, 5.41) is 9.30. The number of ether oxygens (including phenoxy) is 2. The second-order valence-corrected chi connectivity index (χ2v) is 8.56. The van der Waals surface area contributed by atoms with Crippen LogP contribution in [0.1, 0.15) is 22.3 Å². The molecular formula is C27H27ClN4O5. The number of anilines is 2. The van der Waals surface area contributed by atoms with Gasteiger partial charge in [-0.25, -0.2) is 5.43 Å². The second kappa shape index (κ2) is 12.5. The van der Waals surface area contributed by atoms with E-state index in [0.29, 0.717) is 16.9 Å². The second-order valence-electron chi connectivity index (χ2n) is 8.16. The van der Waals surface area contributed by atoms with Crippen molar-refractivity contribution in [2.75, 3.05) is 24.4 Å². The first-order valence-electron chi connectivity index (χ1n) is 11.3. The maximum absolute atomic E-state index is 12.4. The van der Waals surface area contributed by atoms with Gasteiger partial charge in [-0.2, -0.15) is 5.10 Å². The standard InChI is InChI=1S/C27H27ClN4O5/c1-16-9-10-22(18(3)11-16)30-24(33)15-37-25-20(28)12-19(13-23(25)36-4)14-29-32-27(35)26(34)31-21-8-6-5-7-17(21)2/h5-14H,15H2,1-4H3,(H,30,33)(H,31,34)(H,32,35)/b29-14-. The van der Waals surface area contributed by atoms with Crippen molar-refractivity contribution in [1.82, 2.24) is 5.43 Å². The van der Waals surface area contributed by atoms with Gasteiger partial charge in [0.2, 0.25) is 0 Å². The first-order chi connectivity index (χ1) is 17.7. The number of para-hydroxylation sites is 1. The predicted molar refractivity (Wildman–Crippen MR) is 144 cm³/mol. The van der Waals surface area contributed by atoms with Crippen molar-refractivity contribution in [3.8, 4) is 11.5 Å². The number of benzene rings is 3. The lowest BCUT2D eigenvalue weighted by Gasteiger charge is -2.14. The van der Waals surface area contributed by atoms with Crippen LogP contribution >= 0.6 is 11.6 Å². The summed E-state index contributed by atoms with van der Waals surface area (Å²) in [6.45, 7) is 5.40. The molecule has 0 aromatic heterocycles. The lowest BCUT2D eigenvalue weighted by molar-refractivity contribution is -0.136. The number of nitrogens with one attached hydrogen (secondary N) is 3. The molecule has 0 heterocycles. The highest BCUT2D eigenvalue weighted by Crippen LogP contribution is 2.36. The third-order valence-electron chi connectivity index (χ3n) is 5.23. The number of nitrogens with zero attached hydrogens (tertiary/aromatic N) is 1. The number of hydrogen-bond donors (Lipinski definition) is 3. The van der Waals surface area contributed by atoms with Crippen molar-refractivity contribution in [3.05, 3.63) is 81.9 Å². The topological polar surface area (TPSA) is 118 Å². The number of rotatable bonds is 8. The zero-order valence-electron chi connectivity index (χ0n) is 20.8. The minimum absolute atomic E-state index is 0.170. The first-order valence-corrected chi connectivity index (χ1v) is 11.6. The van der Waals surface area contributed by atoms with Crippen LogP contribution in [0.4, 0.5) is 11.4 Å². The molecule has 3 N–H and O–H groups in total. The summed E-state index contributed by atoms with van der Waals surface area (Å²) in [6.07, 6.45) is 1.30. The van der Waals surface area contributed by atoms with E-state index in [2.05, 4.69) is 21.2 Å². The average molecular weight is 523 g/mol. The Hall–Kier alpha value is -4.37. The van der Waals surface area contributed by atoms with Gasteiger partial charge in [-0.15, -0.1) is 0 Å². The molecule has 0 aliphatic heterocycles. The molecule has 192 valence electrons. The van der Waals surface area contributed by atoms with E-state index >= 15 is 0 Å². The summed E-state index contributed by atoms with van der Waals surface area (Å²) in [7, 11) is 1.42. The van der Waals surface area contributed by atoms with Crippen molar-refractivity contribution >= 4 is 46.9 Å². The van der Waals surface area contributed by atoms with Gasteiger partial charge in [0, 0.05) is 11.4 Å². The Morgan fingerprint density at radius 2 is 1.65 bits per heavy atom.